The topological polar surface area (TPSA) is 73.6 Å². The standard InChI is InChI=1S/C18H22N2O3/c1-22-16-9-8-13(10-17(16)23-2)11-18(21)20-12-15(19)14-6-4-3-5-7-14/h3-10,15H,11-12,19H2,1-2H3,(H,20,21). The molecule has 0 aromatic heterocycles. The fraction of sp³-hybridized carbons (Fsp3) is 0.278. The fourth-order valence-corrected chi connectivity index (χ4v) is 2.28. The van der Waals surface area contributed by atoms with Gasteiger partial charge in [-0.3, -0.25) is 4.79 Å². The molecule has 0 aliphatic rings. The van der Waals surface area contributed by atoms with Crippen LogP contribution in [0.15, 0.2) is 48.5 Å². The number of nitrogens with two attached hydrogens (primary N) is 1. The van der Waals surface area contributed by atoms with Crippen molar-refractivity contribution in [1.82, 2.24) is 5.32 Å². The van der Waals surface area contributed by atoms with Crippen LogP contribution in [0.4, 0.5) is 0 Å². The Morgan fingerprint density at radius 3 is 2.43 bits per heavy atom. The average Bonchev–Trinajstić information content (AvgIpc) is 2.60. The van der Waals surface area contributed by atoms with E-state index in [0.29, 0.717) is 18.0 Å². The maximum absolute atomic E-state index is 12.1. The molecule has 0 aliphatic heterocycles. The molecule has 2 aromatic carbocycles. The maximum Gasteiger partial charge on any atom is 0.224 e. The first-order valence-corrected chi connectivity index (χ1v) is 7.42. The van der Waals surface area contributed by atoms with Gasteiger partial charge in [-0.2, -0.15) is 0 Å². The lowest BCUT2D eigenvalue weighted by molar-refractivity contribution is -0.120. The lowest BCUT2D eigenvalue weighted by atomic mass is 10.1. The Bertz CT molecular complexity index is 644. The second-order valence-electron chi connectivity index (χ2n) is 5.19. The van der Waals surface area contributed by atoms with Crippen LogP contribution in [-0.2, 0) is 11.2 Å². The molecule has 0 spiro atoms. The Labute approximate surface area is 136 Å². The summed E-state index contributed by atoms with van der Waals surface area (Å²) < 4.78 is 10.4. The summed E-state index contributed by atoms with van der Waals surface area (Å²) in [7, 11) is 3.15. The summed E-state index contributed by atoms with van der Waals surface area (Å²) in [6.07, 6.45) is 0.266. The SMILES string of the molecule is COc1ccc(CC(=O)NCC(N)c2ccccc2)cc1OC. The second kappa shape index (κ2) is 8.19. The van der Waals surface area contributed by atoms with Gasteiger partial charge in [0.05, 0.1) is 20.6 Å². The van der Waals surface area contributed by atoms with Crippen molar-refractivity contribution < 1.29 is 14.3 Å². The minimum absolute atomic E-state index is 0.0800. The van der Waals surface area contributed by atoms with E-state index in [1.807, 2.05) is 36.4 Å². The van der Waals surface area contributed by atoms with Crippen LogP contribution in [0.5, 0.6) is 11.5 Å². The highest BCUT2D eigenvalue weighted by Crippen LogP contribution is 2.27. The summed E-state index contributed by atoms with van der Waals surface area (Å²) in [5.41, 5.74) is 7.92. The molecular formula is C18H22N2O3. The van der Waals surface area contributed by atoms with Gasteiger partial charge in [0.25, 0.3) is 0 Å². The number of amides is 1. The van der Waals surface area contributed by atoms with E-state index in [0.717, 1.165) is 11.1 Å². The van der Waals surface area contributed by atoms with Crippen LogP contribution in [-0.4, -0.2) is 26.7 Å². The summed E-state index contributed by atoms with van der Waals surface area (Å²) in [6.45, 7) is 0.399. The fourth-order valence-electron chi connectivity index (χ4n) is 2.28. The van der Waals surface area contributed by atoms with Gasteiger partial charge >= 0.3 is 0 Å². The molecule has 1 unspecified atom stereocenters. The van der Waals surface area contributed by atoms with Crippen molar-refractivity contribution in [1.29, 1.82) is 0 Å². The van der Waals surface area contributed by atoms with E-state index in [2.05, 4.69) is 5.32 Å². The van der Waals surface area contributed by atoms with E-state index < -0.39 is 0 Å². The third kappa shape index (κ3) is 4.72. The van der Waals surface area contributed by atoms with Crippen molar-refractivity contribution in [3.63, 3.8) is 0 Å². The molecule has 3 N–H and O–H groups in total. The smallest absolute Gasteiger partial charge is 0.224 e. The Morgan fingerprint density at radius 1 is 1.09 bits per heavy atom. The van der Waals surface area contributed by atoms with Gasteiger partial charge in [-0.15, -0.1) is 0 Å². The van der Waals surface area contributed by atoms with E-state index in [-0.39, 0.29) is 18.4 Å². The molecule has 0 fully saturated rings. The molecule has 5 heteroatoms. The summed E-state index contributed by atoms with van der Waals surface area (Å²) in [6, 6.07) is 14.9. The molecule has 2 rings (SSSR count). The zero-order chi connectivity index (χ0) is 16.7. The van der Waals surface area contributed by atoms with Crippen LogP contribution >= 0.6 is 0 Å². The van der Waals surface area contributed by atoms with E-state index >= 15 is 0 Å². The molecule has 2 aromatic rings. The Kier molecular flexibility index (Phi) is 6.00. The van der Waals surface area contributed by atoms with E-state index in [9.17, 15) is 4.79 Å². The molecule has 1 amide bonds. The first kappa shape index (κ1) is 16.8. The van der Waals surface area contributed by atoms with Gasteiger partial charge in [-0.05, 0) is 23.3 Å². The van der Waals surface area contributed by atoms with Gasteiger partial charge in [0.1, 0.15) is 0 Å². The molecule has 0 radical (unpaired) electrons. The zero-order valence-electron chi connectivity index (χ0n) is 13.4. The van der Waals surface area contributed by atoms with Crippen LogP contribution in [0.25, 0.3) is 0 Å². The normalized spacial score (nSPS) is 11.6. The zero-order valence-corrected chi connectivity index (χ0v) is 13.4. The lowest BCUT2D eigenvalue weighted by Crippen LogP contribution is -2.32. The Morgan fingerprint density at radius 2 is 1.78 bits per heavy atom. The quantitative estimate of drug-likeness (QED) is 0.820. The number of nitrogens with one attached hydrogen (secondary N) is 1. The van der Waals surface area contributed by atoms with Gasteiger partial charge in [-0.1, -0.05) is 36.4 Å². The first-order valence-electron chi connectivity index (χ1n) is 7.42. The predicted octanol–water partition coefficient (Wildman–Crippen LogP) is 2.06. The number of methoxy groups -OCH3 is 2. The third-order valence-corrected chi connectivity index (χ3v) is 3.56. The Hall–Kier alpha value is -2.53. The van der Waals surface area contributed by atoms with Gasteiger partial charge < -0.3 is 20.5 Å². The largest absolute Gasteiger partial charge is 0.493 e. The summed E-state index contributed by atoms with van der Waals surface area (Å²) in [5, 5.41) is 2.86. The number of hydrogen-bond acceptors (Lipinski definition) is 4. The van der Waals surface area contributed by atoms with Crippen LogP contribution < -0.4 is 20.5 Å². The van der Waals surface area contributed by atoms with Crippen molar-refractivity contribution in [3.05, 3.63) is 59.7 Å². The summed E-state index contributed by atoms with van der Waals surface area (Å²) in [5.74, 6) is 1.17. The number of carbonyl (C=O) groups is 1. The number of carbonyl (C=O) groups excluding carboxylic acids is 1. The van der Waals surface area contributed by atoms with Gasteiger partial charge in [0, 0.05) is 12.6 Å². The van der Waals surface area contributed by atoms with E-state index in [4.69, 9.17) is 15.2 Å². The second-order valence-corrected chi connectivity index (χ2v) is 5.19. The van der Waals surface area contributed by atoms with Crippen molar-refractivity contribution in [2.45, 2.75) is 12.5 Å². The van der Waals surface area contributed by atoms with Gasteiger partial charge in [0.15, 0.2) is 11.5 Å². The maximum atomic E-state index is 12.1. The average molecular weight is 314 g/mol. The highest BCUT2D eigenvalue weighted by molar-refractivity contribution is 5.78. The van der Waals surface area contributed by atoms with Crippen molar-refractivity contribution in [2.75, 3.05) is 20.8 Å². The van der Waals surface area contributed by atoms with E-state index in [1.165, 1.54) is 0 Å². The van der Waals surface area contributed by atoms with Crippen molar-refractivity contribution >= 4 is 5.91 Å². The number of rotatable bonds is 7. The van der Waals surface area contributed by atoms with Crippen molar-refractivity contribution in [3.8, 4) is 11.5 Å². The van der Waals surface area contributed by atoms with E-state index in [1.54, 1.807) is 26.4 Å². The lowest BCUT2D eigenvalue weighted by Gasteiger charge is -2.13. The summed E-state index contributed by atoms with van der Waals surface area (Å²) >= 11 is 0. The Balaban J connectivity index is 1.90. The van der Waals surface area contributed by atoms with Crippen LogP contribution in [0.1, 0.15) is 17.2 Å². The van der Waals surface area contributed by atoms with Crippen LogP contribution in [0.2, 0.25) is 0 Å². The number of ether oxygens (including phenoxy) is 2. The molecule has 0 heterocycles. The minimum Gasteiger partial charge on any atom is -0.493 e. The highest BCUT2D eigenvalue weighted by Gasteiger charge is 2.10. The molecule has 0 saturated heterocycles. The summed E-state index contributed by atoms with van der Waals surface area (Å²) in [4.78, 5) is 12.1. The van der Waals surface area contributed by atoms with Crippen LogP contribution in [0.3, 0.4) is 0 Å². The molecule has 122 valence electrons. The van der Waals surface area contributed by atoms with Crippen LogP contribution in [0, 0.1) is 0 Å². The predicted molar refractivity (Wildman–Crippen MR) is 89.6 cm³/mol. The van der Waals surface area contributed by atoms with Crippen molar-refractivity contribution in [2.24, 2.45) is 5.73 Å². The molecule has 5 nitrogen and oxygen atoms in total. The molecule has 1 atom stereocenters. The first-order chi connectivity index (χ1) is 11.1. The number of hydrogen-bond donors (Lipinski definition) is 2. The molecule has 0 saturated carbocycles. The molecular weight excluding hydrogens is 292 g/mol. The van der Waals surface area contributed by atoms with Gasteiger partial charge in [-0.25, -0.2) is 0 Å². The number of benzene rings is 2. The molecule has 0 bridgehead atoms. The van der Waals surface area contributed by atoms with Gasteiger partial charge in [0.2, 0.25) is 5.91 Å². The molecule has 0 aliphatic carbocycles. The minimum atomic E-state index is -0.217. The molecule has 23 heavy (non-hydrogen) atoms. The monoisotopic (exact) mass is 314 g/mol. The highest BCUT2D eigenvalue weighted by atomic mass is 16.5. The third-order valence-electron chi connectivity index (χ3n) is 3.56.